The molecule has 1 heterocycles. The molecule has 6 nitrogen and oxygen atoms in total. The number of amides is 1. The van der Waals surface area contributed by atoms with Gasteiger partial charge in [-0.2, -0.15) is 0 Å². The molecule has 7 heteroatoms. The Hall–Kier alpha value is -1.34. The lowest BCUT2D eigenvalue weighted by Gasteiger charge is -2.19. The van der Waals surface area contributed by atoms with Crippen molar-refractivity contribution in [2.75, 3.05) is 6.54 Å². The number of carbonyl (C=O) groups excluding carboxylic acids is 1. The van der Waals surface area contributed by atoms with E-state index in [1.54, 1.807) is 16.8 Å². The third-order valence-corrected chi connectivity index (χ3v) is 3.09. The lowest BCUT2D eigenvalue weighted by atomic mass is 10.1. The van der Waals surface area contributed by atoms with Gasteiger partial charge in [0.25, 0.3) is 5.91 Å². The third-order valence-electron chi connectivity index (χ3n) is 2.66. The van der Waals surface area contributed by atoms with Crippen LogP contribution in [0.5, 0.6) is 0 Å². The number of nitrogens with one attached hydrogen (secondary N) is 1. The Balaban J connectivity index is 2.82. The molecule has 1 unspecified atom stereocenters. The molecule has 0 aliphatic heterocycles. The highest BCUT2D eigenvalue weighted by molar-refractivity contribution is 9.10. The summed E-state index contributed by atoms with van der Waals surface area (Å²) in [7, 11) is 0. The Kier molecular flexibility index (Phi) is 4.75. The van der Waals surface area contributed by atoms with Gasteiger partial charge in [0.05, 0.1) is 6.54 Å². The van der Waals surface area contributed by atoms with Gasteiger partial charge >= 0.3 is 5.97 Å². The van der Waals surface area contributed by atoms with Gasteiger partial charge in [-0.05, 0) is 42.8 Å². The minimum atomic E-state index is -1.98. The second-order valence-corrected chi connectivity index (χ2v) is 5.72. The van der Waals surface area contributed by atoms with Crippen LogP contribution in [0.15, 0.2) is 16.7 Å². The zero-order valence-corrected chi connectivity index (χ0v) is 12.6. The van der Waals surface area contributed by atoms with Crippen molar-refractivity contribution < 1.29 is 19.8 Å². The summed E-state index contributed by atoms with van der Waals surface area (Å²) in [4.78, 5) is 22.7. The number of nitrogens with zero attached hydrogens (tertiary/aromatic N) is 1. The van der Waals surface area contributed by atoms with Crippen molar-refractivity contribution in [3.05, 3.63) is 22.4 Å². The van der Waals surface area contributed by atoms with Crippen LogP contribution in [0.4, 0.5) is 0 Å². The summed E-state index contributed by atoms with van der Waals surface area (Å²) in [6, 6.07) is 1.73. The van der Waals surface area contributed by atoms with Gasteiger partial charge < -0.3 is 20.1 Å². The Morgan fingerprint density at radius 3 is 2.58 bits per heavy atom. The first-order chi connectivity index (χ1) is 8.65. The molecule has 19 heavy (non-hydrogen) atoms. The standard InChI is InChI=1S/C12H17BrN2O4/c1-7(2)15-5-8(13)4-9(15)10(16)14-6-12(3,19)11(17)18/h4-5,7,19H,6H2,1-3H3,(H,14,16)(H,17,18). The minimum Gasteiger partial charge on any atom is -0.479 e. The van der Waals surface area contributed by atoms with E-state index in [1.807, 2.05) is 13.8 Å². The van der Waals surface area contributed by atoms with Crippen LogP contribution in [0.1, 0.15) is 37.3 Å². The van der Waals surface area contributed by atoms with Gasteiger partial charge in [-0.1, -0.05) is 0 Å². The topological polar surface area (TPSA) is 91.6 Å². The molecule has 1 amide bonds. The van der Waals surface area contributed by atoms with Gasteiger partial charge in [-0.15, -0.1) is 0 Å². The molecule has 106 valence electrons. The number of hydrogen-bond acceptors (Lipinski definition) is 3. The van der Waals surface area contributed by atoms with Crippen LogP contribution >= 0.6 is 15.9 Å². The molecule has 1 rings (SSSR count). The second kappa shape index (κ2) is 5.75. The molecule has 3 N–H and O–H groups in total. The summed E-state index contributed by atoms with van der Waals surface area (Å²) >= 11 is 3.29. The largest absolute Gasteiger partial charge is 0.479 e. The van der Waals surface area contributed by atoms with Crippen molar-refractivity contribution in [1.82, 2.24) is 9.88 Å². The van der Waals surface area contributed by atoms with Crippen molar-refractivity contribution in [2.45, 2.75) is 32.4 Å². The van der Waals surface area contributed by atoms with Gasteiger partial charge in [0.1, 0.15) is 5.69 Å². The van der Waals surface area contributed by atoms with E-state index in [0.717, 1.165) is 11.4 Å². The molecule has 1 atom stereocenters. The summed E-state index contributed by atoms with van der Waals surface area (Å²) in [6.07, 6.45) is 1.77. The van der Waals surface area contributed by atoms with Crippen LogP contribution in [-0.2, 0) is 4.79 Å². The van der Waals surface area contributed by atoms with E-state index in [1.165, 1.54) is 0 Å². The first-order valence-corrected chi connectivity index (χ1v) is 6.56. The number of halogens is 1. The van der Waals surface area contributed by atoms with Crippen molar-refractivity contribution in [1.29, 1.82) is 0 Å². The lowest BCUT2D eigenvalue weighted by molar-refractivity contribution is -0.155. The Morgan fingerprint density at radius 2 is 2.11 bits per heavy atom. The van der Waals surface area contributed by atoms with Gasteiger partial charge in [0.15, 0.2) is 5.60 Å². The molecule has 0 radical (unpaired) electrons. The van der Waals surface area contributed by atoms with E-state index in [4.69, 9.17) is 5.11 Å². The maximum absolute atomic E-state index is 12.0. The SMILES string of the molecule is CC(C)n1cc(Br)cc1C(=O)NCC(C)(O)C(=O)O. The molecule has 0 saturated carbocycles. The molecule has 1 aromatic rings. The fourth-order valence-corrected chi connectivity index (χ4v) is 1.91. The predicted molar refractivity (Wildman–Crippen MR) is 73.1 cm³/mol. The maximum Gasteiger partial charge on any atom is 0.337 e. The van der Waals surface area contributed by atoms with Crippen molar-refractivity contribution in [2.24, 2.45) is 0 Å². The molecule has 1 aromatic heterocycles. The monoisotopic (exact) mass is 332 g/mol. The summed E-state index contributed by atoms with van der Waals surface area (Å²) in [6.45, 7) is 4.63. The van der Waals surface area contributed by atoms with Gasteiger partial charge in [0.2, 0.25) is 0 Å². The van der Waals surface area contributed by atoms with Crippen LogP contribution in [0.3, 0.4) is 0 Å². The van der Waals surface area contributed by atoms with Crippen LogP contribution in [-0.4, -0.2) is 38.8 Å². The minimum absolute atomic E-state index is 0.0898. The molecule has 0 aromatic carbocycles. The number of rotatable bonds is 5. The molecule has 0 bridgehead atoms. The van der Waals surface area contributed by atoms with Crippen molar-refractivity contribution in [3.8, 4) is 0 Å². The summed E-state index contributed by atoms with van der Waals surface area (Å²) in [5.74, 6) is -1.81. The molecule has 0 aliphatic rings. The zero-order valence-electron chi connectivity index (χ0n) is 11.0. The zero-order chi connectivity index (χ0) is 14.8. The number of aliphatic carboxylic acids is 1. The first-order valence-electron chi connectivity index (χ1n) is 5.76. The summed E-state index contributed by atoms with van der Waals surface area (Å²) < 4.78 is 2.52. The van der Waals surface area contributed by atoms with E-state index >= 15 is 0 Å². The molecule has 0 fully saturated rings. The molecular formula is C12H17BrN2O4. The van der Waals surface area contributed by atoms with Crippen LogP contribution in [0, 0.1) is 0 Å². The van der Waals surface area contributed by atoms with Gasteiger partial charge in [-0.3, -0.25) is 4.79 Å². The van der Waals surface area contributed by atoms with Gasteiger partial charge in [-0.25, -0.2) is 4.79 Å². The van der Waals surface area contributed by atoms with E-state index in [9.17, 15) is 14.7 Å². The van der Waals surface area contributed by atoms with Crippen molar-refractivity contribution >= 4 is 27.8 Å². The predicted octanol–water partition coefficient (Wildman–Crippen LogP) is 1.40. The average Bonchev–Trinajstić information content (AvgIpc) is 2.68. The molecule has 0 aliphatic carbocycles. The summed E-state index contributed by atoms with van der Waals surface area (Å²) in [5, 5.41) is 20.7. The Bertz CT molecular complexity index is 494. The first kappa shape index (κ1) is 15.7. The smallest absolute Gasteiger partial charge is 0.337 e. The van der Waals surface area contributed by atoms with E-state index in [0.29, 0.717) is 5.69 Å². The van der Waals surface area contributed by atoms with Crippen LogP contribution in [0.2, 0.25) is 0 Å². The summed E-state index contributed by atoms with van der Waals surface area (Å²) in [5.41, 5.74) is -1.58. The van der Waals surface area contributed by atoms with Crippen LogP contribution in [0.25, 0.3) is 0 Å². The quantitative estimate of drug-likeness (QED) is 0.759. The van der Waals surface area contributed by atoms with Crippen LogP contribution < -0.4 is 5.32 Å². The highest BCUT2D eigenvalue weighted by Crippen LogP contribution is 2.19. The molecule has 0 saturated heterocycles. The van der Waals surface area contributed by atoms with E-state index in [2.05, 4.69) is 21.2 Å². The Labute approximate surface area is 119 Å². The number of carbonyl (C=O) groups is 2. The molecular weight excluding hydrogens is 316 g/mol. The normalized spacial score (nSPS) is 14.2. The Morgan fingerprint density at radius 1 is 1.53 bits per heavy atom. The van der Waals surface area contributed by atoms with Gasteiger partial charge in [0, 0.05) is 16.7 Å². The maximum atomic E-state index is 12.0. The molecule has 0 spiro atoms. The fourth-order valence-electron chi connectivity index (χ4n) is 1.47. The average molecular weight is 333 g/mol. The fraction of sp³-hybridized carbons (Fsp3) is 0.500. The van der Waals surface area contributed by atoms with E-state index in [-0.39, 0.29) is 12.6 Å². The highest BCUT2D eigenvalue weighted by Gasteiger charge is 2.30. The van der Waals surface area contributed by atoms with Crippen molar-refractivity contribution in [3.63, 3.8) is 0 Å². The second-order valence-electron chi connectivity index (χ2n) is 4.81. The lowest BCUT2D eigenvalue weighted by Crippen LogP contribution is -2.46. The number of carboxylic acid groups (broad SMARTS) is 1. The third kappa shape index (κ3) is 3.81. The van der Waals surface area contributed by atoms with E-state index < -0.39 is 17.5 Å². The number of hydrogen-bond donors (Lipinski definition) is 3. The number of carboxylic acids is 1. The number of aromatic nitrogens is 1. The highest BCUT2D eigenvalue weighted by atomic mass is 79.9. The number of aliphatic hydroxyl groups is 1.